The molecule has 0 unspecified atom stereocenters. The van der Waals surface area contributed by atoms with Crippen molar-refractivity contribution in [2.45, 2.75) is 6.92 Å². The summed E-state index contributed by atoms with van der Waals surface area (Å²) < 4.78 is 0. The molecule has 0 fully saturated rings. The van der Waals surface area contributed by atoms with Gasteiger partial charge >= 0.3 is 0 Å². The maximum Gasteiger partial charge on any atom is 0.234 e. The Morgan fingerprint density at radius 2 is 2.00 bits per heavy atom. The SMILES string of the molecule is Cc1ccc(/C(Cl)=C/C=C/[N+](=O)[O-])cc1. The van der Waals surface area contributed by atoms with E-state index in [0.29, 0.717) is 5.03 Å². The van der Waals surface area contributed by atoms with E-state index in [0.717, 1.165) is 17.3 Å². The van der Waals surface area contributed by atoms with E-state index in [1.807, 2.05) is 31.2 Å². The molecule has 1 aromatic rings. The fraction of sp³-hybridized carbons (Fsp3) is 0.0909. The lowest BCUT2D eigenvalue weighted by molar-refractivity contribution is -0.402. The minimum absolute atomic E-state index is 0.480. The Balaban J connectivity index is 2.80. The lowest BCUT2D eigenvalue weighted by Gasteiger charge is -1.98. The molecule has 0 aromatic heterocycles. The highest BCUT2D eigenvalue weighted by Crippen LogP contribution is 2.18. The Kier molecular flexibility index (Phi) is 4.06. The van der Waals surface area contributed by atoms with Crippen LogP contribution >= 0.6 is 11.6 Å². The molecule has 0 saturated heterocycles. The third-order valence-electron chi connectivity index (χ3n) is 1.78. The Labute approximate surface area is 92.8 Å². The van der Waals surface area contributed by atoms with Gasteiger partial charge in [0.15, 0.2) is 0 Å². The highest BCUT2D eigenvalue weighted by molar-refractivity contribution is 6.48. The molecule has 15 heavy (non-hydrogen) atoms. The van der Waals surface area contributed by atoms with Crippen LogP contribution in [0.1, 0.15) is 11.1 Å². The van der Waals surface area contributed by atoms with Crippen molar-refractivity contribution in [3.05, 3.63) is 63.9 Å². The van der Waals surface area contributed by atoms with Gasteiger partial charge in [-0.05, 0) is 18.6 Å². The van der Waals surface area contributed by atoms with Crippen LogP contribution < -0.4 is 0 Å². The summed E-state index contributed by atoms with van der Waals surface area (Å²) >= 11 is 5.93. The van der Waals surface area contributed by atoms with Crippen molar-refractivity contribution in [1.82, 2.24) is 0 Å². The second-order valence-corrected chi connectivity index (χ2v) is 3.41. The first kappa shape index (κ1) is 11.5. The van der Waals surface area contributed by atoms with Crippen LogP contribution in [0.15, 0.2) is 42.6 Å². The molecule has 1 rings (SSSR count). The lowest BCUT2D eigenvalue weighted by atomic mass is 10.1. The average Bonchev–Trinajstić information content (AvgIpc) is 2.18. The van der Waals surface area contributed by atoms with Crippen molar-refractivity contribution in [1.29, 1.82) is 0 Å². The Morgan fingerprint density at radius 1 is 1.40 bits per heavy atom. The molecule has 0 aliphatic rings. The number of benzene rings is 1. The van der Waals surface area contributed by atoms with Gasteiger partial charge in [-0.3, -0.25) is 10.1 Å². The number of allylic oxidation sites excluding steroid dienone is 2. The summed E-state index contributed by atoms with van der Waals surface area (Å²) in [5, 5.41) is 10.5. The fourth-order valence-electron chi connectivity index (χ4n) is 1.01. The van der Waals surface area contributed by atoms with Gasteiger partial charge in [0.05, 0.1) is 4.92 Å². The van der Waals surface area contributed by atoms with Crippen LogP contribution in [0.5, 0.6) is 0 Å². The fourth-order valence-corrected chi connectivity index (χ4v) is 1.21. The molecular formula is C11H10ClNO2. The van der Waals surface area contributed by atoms with Gasteiger partial charge in [-0.15, -0.1) is 0 Å². The summed E-state index contributed by atoms with van der Waals surface area (Å²) in [5.74, 6) is 0. The summed E-state index contributed by atoms with van der Waals surface area (Å²) in [7, 11) is 0. The van der Waals surface area contributed by atoms with Crippen molar-refractivity contribution in [3.63, 3.8) is 0 Å². The van der Waals surface area contributed by atoms with Crippen molar-refractivity contribution < 1.29 is 4.92 Å². The van der Waals surface area contributed by atoms with Crippen LogP contribution in [-0.2, 0) is 0 Å². The van der Waals surface area contributed by atoms with Gasteiger partial charge in [0, 0.05) is 11.1 Å². The number of nitrogens with zero attached hydrogens (tertiary/aromatic N) is 1. The van der Waals surface area contributed by atoms with E-state index < -0.39 is 4.92 Å². The molecule has 78 valence electrons. The predicted molar refractivity (Wildman–Crippen MR) is 61.1 cm³/mol. The Hall–Kier alpha value is -1.61. The number of rotatable bonds is 3. The van der Waals surface area contributed by atoms with E-state index >= 15 is 0 Å². The van der Waals surface area contributed by atoms with Crippen molar-refractivity contribution in [2.24, 2.45) is 0 Å². The maximum atomic E-state index is 10.0. The van der Waals surface area contributed by atoms with Crippen molar-refractivity contribution in [2.75, 3.05) is 0 Å². The van der Waals surface area contributed by atoms with E-state index in [1.54, 1.807) is 0 Å². The molecule has 0 aliphatic heterocycles. The largest absolute Gasteiger partial charge is 0.259 e. The van der Waals surface area contributed by atoms with Crippen molar-refractivity contribution >= 4 is 16.6 Å². The first-order valence-corrected chi connectivity index (χ1v) is 4.72. The number of halogens is 1. The first-order valence-electron chi connectivity index (χ1n) is 4.34. The highest BCUT2D eigenvalue weighted by Gasteiger charge is 1.95. The summed E-state index contributed by atoms with van der Waals surface area (Å²) in [5.41, 5.74) is 1.99. The van der Waals surface area contributed by atoms with Crippen LogP contribution in [0.3, 0.4) is 0 Å². The molecule has 0 aliphatic carbocycles. The van der Waals surface area contributed by atoms with Crippen LogP contribution in [0.25, 0.3) is 5.03 Å². The van der Waals surface area contributed by atoms with Gasteiger partial charge in [0.2, 0.25) is 6.20 Å². The minimum atomic E-state index is -0.532. The van der Waals surface area contributed by atoms with Gasteiger partial charge in [0.25, 0.3) is 0 Å². The zero-order valence-electron chi connectivity index (χ0n) is 8.18. The van der Waals surface area contributed by atoms with Crippen LogP contribution in [0, 0.1) is 17.0 Å². The van der Waals surface area contributed by atoms with E-state index in [-0.39, 0.29) is 0 Å². The molecule has 0 bridgehead atoms. The van der Waals surface area contributed by atoms with E-state index in [4.69, 9.17) is 11.6 Å². The molecule has 0 amide bonds. The zero-order valence-corrected chi connectivity index (χ0v) is 8.94. The Bertz CT molecular complexity index is 407. The number of hydrogen-bond acceptors (Lipinski definition) is 2. The summed E-state index contributed by atoms with van der Waals surface area (Å²) in [6.45, 7) is 1.98. The molecule has 1 aromatic carbocycles. The molecular weight excluding hydrogens is 214 g/mol. The second-order valence-electron chi connectivity index (χ2n) is 3.01. The topological polar surface area (TPSA) is 43.1 Å². The number of nitro groups is 1. The molecule has 0 radical (unpaired) electrons. The lowest BCUT2D eigenvalue weighted by Crippen LogP contribution is -1.81. The summed E-state index contributed by atoms with van der Waals surface area (Å²) in [4.78, 5) is 9.48. The van der Waals surface area contributed by atoms with Crippen LogP contribution in [0.4, 0.5) is 0 Å². The zero-order chi connectivity index (χ0) is 11.3. The molecule has 0 heterocycles. The van der Waals surface area contributed by atoms with Crippen LogP contribution in [-0.4, -0.2) is 4.92 Å². The molecule has 3 nitrogen and oxygen atoms in total. The smallest absolute Gasteiger partial charge is 0.234 e. The van der Waals surface area contributed by atoms with Crippen molar-refractivity contribution in [3.8, 4) is 0 Å². The standard InChI is InChI=1S/C11H10ClNO2/c1-9-4-6-10(7-5-9)11(12)3-2-8-13(14)15/h2-8H,1H3/b8-2+,11-3-. The molecule has 0 saturated carbocycles. The average molecular weight is 224 g/mol. The summed E-state index contributed by atoms with van der Waals surface area (Å²) in [6, 6.07) is 7.61. The Morgan fingerprint density at radius 3 is 2.53 bits per heavy atom. The van der Waals surface area contributed by atoms with Gasteiger partial charge < -0.3 is 0 Å². The maximum absolute atomic E-state index is 10.0. The van der Waals surface area contributed by atoms with Gasteiger partial charge in [-0.25, -0.2) is 0 Å². The first-order chi connectivity index (χ1) is 7.09. The van der Waals surface area contributed by atoms with Crippen LogP contribution in [0.2, 0.25) is 0 Å². The molecule has 0 atom stereocenters. The van der Waals surface area contributed by atoms with Gasteiger partial charge in [-0.2, -0.15) is 0 Å². The van der Waals surface area contributed by atoms with Gasteiger partial charge in [-0.1, -0.05) is 41.4 Å². The highest BCUT2D eigenvalue weighted by atomic mass is 35.5. The predicted octanol–water partition coefficient (Wildman–Crippen LogP) is 3.37. The van der Waals surface area contributed by atoms with E-state index in [1.165, 1.54) is 12.2 Å². The molecule has 4 heteroatoms. The third-order valence-corrected chi connectivity index (χ3v) is 2.12. The molecule has 0 spiro atoms. The second kappa shape index (κ2) is 5.32. The van der Waals surface area contributed by atoms with Gasteiger partial charge in [0.1, 0.15) is 0 Å². The normalized spacial score (nSPS) is 12.0. The van der Waals surface area contributed by atoms with E-state index in [2.05, 4.69) is 0 Å². The summed E-state index contributed by atoms with van der Waals surface area (Å²) in [6.07, 6.45) is 3.65. The van der Waals surface area contributed by atoms with E-state index in [9.17, 15) is 10.1 Å². The quantitative estimate of drug-likeness (QED) is 0.448. The third kappa shape index (κ3) is 3.95. The monoisotopic (exact) mass is 223 g/mol. The number of aryl methyl sites for hydroxylation is 1. The number of hydrogen-bond donors (Lipinski definition) is 0. The molecule has 0 N–H and O–H groups in total. The minimum Gasteiger partial charge on any atom is -0.259 e.